The van der Waals surface area contributed by atoms with Crippen molar-refractivity contribution in [2.24, 2.45) is 0 Å². The minimum Gasteiger partial charge on any atom is -0.379 e. The van der Waals surface area contributed by atoms with Gasteiger partial charge in [-0.05, 0) is 19.4 Å². The molecule has 2 heterocycles. The molecule has 4 nitrogen and oxygen atoms in total. The van der Waals surface area contributed by atoms with Gasteiger partial charge in [-0.3, -0.25) is 0 Å². The molecule has 0 radical (unpaired) electrons. The predicted molar refractivity (Wildman–Crippen MR) is 76.6 cm³/mol. The van der Waals surface area contributed by atoms with Crippen molar-refractivity contribution in [2.75, 3.05) is 32.2 Å². The molecule has 0 bridgehead atoms. The number of anilines is 1. The number of thiazole rings is 1. The molecular weight excluding hydrogens is 246 g/mol. The number of likely N-dealkylation sites (N-methyl/N-ethyl adjacent to an activating group) is 1. The van der Waals surface area contributed by atoms with Crippen molar-refractivity contribution in [3.05, 3.63) is 10.6 Å². The Bertz CT molecular complexity index is 386. The van der Waals surface area contributed by atoms with Crippen LogP contribution in [0.25, 0.3) is 0 Å². The van der Waals surface area contributed by atoms with Crippen LogP contribution in [0, 0.1) is 0 Å². The Morgan fingerprint density at radius 3 is 2.89 bits per heavy atom. The SMILES string of the molecule is CNCc1sc(N(C)C2CCOC2)nc1C(C)C. The van der Waals surface area contributed by atoms with Crippen molar-refractivity contribution in [3.8, 4) is 0 Å². The van der Waals surface area contributed by atoms with Gasteiger partial charge >= 0.3 is 0 Å². The summed E-state index contributed by atoms with van der Waals surface area (Å²) in [5.41, 5.74) is 1.23. The first-order valence-corrected chi connectivity index (χ1v) is 7.40. The summed E-state index contributed by atoms with van der Waals surface area (Å²) in [6.07, 6.45) is 1.11. The third-order valence-electron chi connectivity index (χ3n) is 3.36. The van der Waals surface area contributed by atoms with Gasteiger partial charge in [0.2, 0.25) is 0 Å². The molecule has 5 heteroatoms. The van der Waals surface area contributed by atoms with Crippen molar-refractivity contribution in [3.63, 3.8) is 0 Å². The highest BCUT2D eigenvalue weighted by atomic mass is 32.1. The summed E-state index contributed by atoms with van der Waals surface area (Å²) in [5, 5.41) is 4.35. The number of aromatic nitrogens is 1. The molecule has 1 aliphatic heterocycles. The Labute approximate surface area is 113 Å². The highest BCUT2D eigenvalue weighted by Gasteiger charge is 2.24. The molecule has 18 heavy (non-hydrogen) atoms. The van der Waals surface area contributed by atoms with Crippen molar-refractivity contribution in [1.29, 1.82) is 0 Å². The maximum atomic E-state index is 5.45. The van der Waals surface area contributed by atoms with Gasteiger partial charge in [0.05, 0.1) is 18.3 Å². The van der Waals surface area contributed by atoms with Crippen molar-refractivity contribution >= 4 is 16.5 Å². The van der Waals surface area contributed by atoms with E-state index in [1.807, 2.05) is 7.05 Å². The van der Waals surface area contributed by atoms with E-state index in [4.69, 9.17) is 9.72 Å². The maximum Gasteiger partial charge on any atom is 0.185 e. The smallest absolute Gasteiger partial charge is 0.185 e. The van der Waals surface area contributed by atoms with Gasteiger partial charge in [-0.1, -0.05) is 13.8 Å². The minimum atomic E-state index is 0.478. The molecule has 1 aromatic rings. The molecular formula is C13H23N3OS. The van der Waals surface area contributed by atoms with Gasteiger partial charge in [-0.15, -0.1) is 11.3 Å². The highest BCUT2D eigenvalue weighted by Crippen LogP contribution is 2.32. The quantitative estimate of drug-likeness (QED) is 0.889. The molecule has 1 saturated heterocycles. The molecule has 0 aromatic carbocycles. The molecule has 2 rings (SSSR count). The van der Waals surface area contributed by atoms with Crippen LogP contribution in [0.3, 0.4) is 0 Å². The summed E-state index contributed by atoms with van der Waals surface area (Å²) in [4.78, 5) is 8.46. The summed E-state index contributed by atoms with van der Waals surface area (Å²) in [6.45, 7) is 7.02. The van der Waals surface area contributed by atoms with E-state index in [0.29, 0.717) is 12.0 Å². The van der Waals surface area contributed by atoms with Crippen LogP contribution in [0.5, 0.6) is 0 Å². The molecule has 1 aliphatic rings. The first kappa shape index (κ1) is 13.8. The van der Waals surface area contributed by atoms with E-state index in [2.05, 4.69) is 31.1 Å². The van der Waals surface area contributed by atoms with Gasteiger partial charge in [0.15, 0.2) is 5.13 Å². The van der Waals surface area contributed by atoms with Gasteiger partial charge < -0.3 is 15.0 Å². The van der Waals surface area contributed by atoms with Gasteiger partial charge in [0.25, 0.3) is 0 Å². The van der Waals surface area contributed by atoms with Crippen molar-refractivity contribution in [2.45, 2.75) is 38.8 Å². The summed E-state index contributed by atoms with van der Waals surface area (Å²) in [6, 6.07) is 0.485. The average molecular weight is 269 g/mol. The summed E-state index contributed by atoms with van der Waals surface area (Å²) >= 11 is 1.80. The lowest BCUT2D eigenvalue weighted by atomic mass is 10.1. The van der Waals surface area contributed by atoms with Crippen LogP contribution in [0.2, 0.25) is 0 Å². The standard InChI is InChI=1S/C13H23N3OS/c1-9(2)12-11(7-14-3)18-13(15-12)16(4)10-5-6-17-8-10/h9-10,14H,5-8H2,1-4H3. The number of hydrogen-bond donors (Lipinski definition) is 1. The summed E-state index contributed by atoms with van der Waals surface area (Å²) in [5.74, 6) is 0.478. The lowest BCUT2D eigenvalue weighted by Gasteiger charge is -2.22. The number of rotatable bonds is 5. The van der Waals surface area contributed by atoms with E-state index in [0.717, 1.165) is 31.3 Å². The number of nitrogens with one attached hydrogen (secondary N) is 1. The van der Waals surface area contributed by atoms with Crippen LogP contribution in [0.4, 0.5) is 5.13 Å². The zero-order valence-corrected chi connectivity index (χ0v) is 12.5. The van der Waals surface area contributed by atoms with Gasteiger partial charge in [0, 0.05) is 25.1 Å². The summed E-state index contributed by atoms with van der Waals surface area (Å²) < 4.78 is 5.45. The second-order valence-electron chi connectivity index (χ2n) is 5.12. The van der Waals surface area contributed by atoms with Crippen LogP contribution < -0.4 is 10.2 Å². The lowest BCUT2D eigenvalue weighted by Crippen LogP contribution is -2.31. The van der Waals surface area contributed by atoms with E-state index in [1.54, 1.807) is 11.3 Å². The number of nitrogens with zero attached hydrogens (tertiary/aromatic N) is 2. The van der Waals surface area contributed by atoms with E-state index in [9.17, 15) is 0 Å². The molecule has 1 fully saturated rings. The third-order valence-corrected chi connectivity index (χ3v) is 4.52. The van der Waals surface area contributed by atoms with E-state index in [-0.39, 0.29) is 0 Å². The molecule has 1 N–H and O–H groups in total. The normalized spacial score (nSPS) is 19.7. The lowest BCUT2D eigenvalue weighted by molar-refractivity contribution is 0.193. The Morgan fingerprint density at radius 1 is 1.56 bits per heavy atom. The zero-order chi connectivity index (χ0) is 13.1. The zero-order valence-electron chi connectivity index (χ0n) is 11.7. The predicted octanol–water partition coefficient (Wildman–Crippen LogP) is 2.21. The average Bonchev–Trinajstić information content (AvgIpc) is 2.97. The van der Waals surface area contributed by atoms with Gasteiger partial charge in [-0.25, -0.2) is 4.98 Å². The van der Waals surface area contributed by atoms with Crippen LogP contribution in [0.1, 0.15) is 36.8 Å². The topological polar surface area (TPSA) is 37.4 Å². The van der Waals surface area contributed by atoms with Crippen LogP contribution in [-0.4, -0.2) is 38.3 Å². The molecule has 102 valence electrons. The highest BCUT2D eigenvalue weighted by molar-refractivity contribution is 7.15. The second kappa shape index (κ2) is 5.99. The fourth-order valence-corrected chi connectivity index (χ4v) is 3.48. The van der Waals surface area contributed by atoms with E-state index in [1.165, 1.54) is 10.6 Å². The Kier molecular flexibility index (Phi) is 4.59. The van der Waals surface area contributed by atoms with Crippen molar-refractivity contribution < 1.29 is 4.74 Å². The molecule has 0 amide bonds. The molecule has 0 saturated carbocycles. The monoisotopic (exact) mass is 269 g/mol. The molecule has 0 aliphatic carbocycles. The summed E-state index contributed by atoms with van der Waals surface area (Å²) in [7, 11) is 4.11. The maximum absolute atomic E-state index is 5.45. The minimum absolute atomic E-state index is 0.478. The van der Waals surface area contributed by atoms with Gasteiger partial charge in [0.1, 0.15) is 0 Å². The Hall–Kier alpha value is -0.650. The molecule has 1 aromatic heterocycles. The fourth-order valence-electron chi connectivity index (χ4n) is 2.22. The number of hydrogen-bond acceptors (Lipinski definition) is 5. The first-order chi connectivity index (χ1) is 8.63. The Morgan fingerprint density at radius 2 is 2.33 bits per heavy atom. The number of ether oxygens (including phenoxy) is 1. The Balaban J connectivity index is 2.19. The molecule has 1 unspecified atom stereocenters. The van der Waals surface area contributed by atoms with Crippen LogP contribution in [0.15, 0.2) is 0 Å². The largest absolute Gasteiger partial charge is 0.379 e. The van der Waals surface area contributed by atoms with E-state index < -0.39 is 0 Å². The van der Waals surface area contributed by atoms with Gasteiger partial charge in [-0.2, -0.15) is 0 Å². The van der Waals surface area contributed by atoms with Crippen molar-refractivity contribution in [1.82, 2.24) is 10.3 Å². The first-order valence-electron chi connectivity index (χ1n) is 6.58. The third kappa shape index (κ3) is 2.84. The molecule has 0 spiro atoms. The van der Waals surface area contributed by atoms with E-state index >= 15 is 0 Å². The molecule has 1 atom stereocenters. The van der Waals surface area contributed by atoms with Crippen LogP contribution >= 0.6 is 11.3 Å². The van der Waals surface area contributed by atoms with Crippen LogP contribution in [-0.2, 0) is 11.3 Å². The fraction of sp³-hybridized carbons (Fsp3) is 0.769. The second-order valence-corrected chi connectivity index (χ2v) is 6.18.